The van der Waals surface area contributed by atoms with Gasteiger partial charge in [-0.25, -0.2) is 4.79 Å². The average Bonchev–Trinajstić information content (AvgIpc) is 2.45. The zero-order valence-electron chi connectivity index (χ0n) is 12.7. The molecule has 0 saturated carbocycles. The van der Waals surface area contributed by atoms with E-state index >= 15 is 0 Å². The van der Waals surface area contributed by atoms with Crippen molar-refractivity contribution in [2.24, 2.45) is 0 Å². The average molecular weight is 291 g/mol. The van der Waals surface area contributed by atoms with Crippen LogP contribution in [0.2, 0.25) is 0 Å². The minimum atomic E-state index is -0.629. The van der Waals surface area contributed by atoms with Crippen molar-refractivity contribution in [2.75, 3.05) is 19.8 Å². The quantitative estimate of drug-likeness (QED) is 0.786. The third-order valence-corrected chi connectivity index (χ3v) is 3.12. The van der Waals surface area contributed by atoms with Gasteiger partial charge in [0.05, 0.1) is 13.2 Å². The highest BCUT2D eigenvalue weighted by molar-refractivity contribution is 6.01. The summed E-state index contributed by atoms with van der Waals surface area (Å²) in [6, 6.07) is 8.30. The Labute approximate surface area is 124 Å². The molecule has 5 nitrogen and oxygen atoms in total. The van der Waals surface area contributed by atoms with Gasteiger partial charge in [-0.1, -0.05) is 30.3 Å². The van der Waals surface area contributed by atoms with Crippen LogP contribution in [-0.2, 0) is 9.47 Å². The van der Waals surface area contributed by atoms with Crippen LogP contribution >= 0.6 is 0 Å². The SMILES string of the molecule is CC(C)(C)OC(=O)N1CCOCC1C(=O)c1ccccc1. The van der Waals surface area contributed by atoms with E-state index < -0.39 is 17.7 Å². The second kappa shape index (κ2) is 6.26. The van der Waals surface area contributed by atoms with Gasteiger partial charge in [-0.3, -0.25) is 9.69 Å². The molecule has 5 heteroatoms. The number of morpholine rings is 1. The molecule has 1 aliphatic heterocycles. The minimum absolute atomic E-state index is 0.124. The molecule has 1 aromatic carbocycles. The predicted octanol–water partition coefficient (Wildman–Crippen LogP) is 2.51. The summed E-state index contributed by atoms with van der Waals surface area (Å²) >= 11 is 0. The summed E-state index contributed by atoms with van der Waals surface area (Å²) in [6.45, 7) is 6.39. The van der Waals surface area contributed by atoms with Crippen LogP contribution in [0.1, 0.15) is 31.1 Å². The summed E-state index contributed by atoms with van der Waals surface area (Å²) < 4.78 is 10.7. The maximum absolute atomic E-state index is 12.6. The molecule has 0 aromatic heterocycles. The maximum Gasteiger partial charge on any atom is 0.411 e. The Kier molecular flexibility index (Phi) is 4.63. The van der Waals surface area contributed by atoms with E-state index in [1.165, 1.54) is 4.90 Å². The summed E-state index contributed by atoms with van der Waals surface area (Å²) in [5.41, 5.74) is -0.0167. The molecule has 1 amide bonds. The van der Waals surface area contributed by atoms with E-state index in [9.17, 15) is 9.59 Å². The number of ether oxygens (including phenoxy) is 2. The van der Waals surface area contributed by atoms with E-state index in [1.54, 1.807) is 45.0 Å². The van der Waals surface area contributed by atoms with Gasteiger partial charge in [-0.05, 0) is 20.8 Å². The fourth-order valence-corrected chi connectivity index (χ4v) is 2.15. The van der Waals surface area contributed by atoms with Crippen LogP contribution in [0.3, 0.4) is 0 Å². The van der Waals surface area contributed by atoms with Crippen LogP contribution in [-0.4, -0.2) is 48.2 Å². The zero-order valence-corrected chi connectivity index (χ0v) is 12.7. The minimum Gasteiger partial charge on any atom is -0.444 e. The van der Waals surface area contributed by atoms with Gasteiger partial charge in [-0.15, -0.1) is 0 Å². The number of hydrogen-bond acceptors (Lipinski definition) is 4. The van der Waals surface area contributed by atoms with Crippen molar-refractivity contribution in [3.63, 3.8) is 0 Å². The van der Waals surface area contributed by atoms with Crippen LogP contribution in [0, 0.1) is 0 Å². The third kappa shape index (κ3) is 4.04. The van der Waals surface area contributed by atoms with Crippen molar-refractivity contribution in [2.45, 2.75) is 32.4 Å². The van der Waals surface area contributed by atoms with Crippen LogP contribution in [0.25, 0.3) is 0 Å². The molecule has 1 unspecified atom stereocenters. The van der Waals surface area contributed by atoms with E-state index in [0.717, 1.165) is 0 Å². The molecule has 1 fully saturated rings. The number of carbonyl (C=O) groups is 2. The van der Waals surface area contributed by atoms with Crippen molar-refractivity contribution in [3.8, 4) is 0 Å². The molecule has 2 rings (SSSR count). The van der Waals surface area contributed by atoms with Crippen molar-refractivity contribution in [1.29, 1.82) is 0 Å². The van der Waals surface area contributed by atoms with E-state index in [4.69, 9.17) is 9.47 Å². The molecule has 114 valence electrons. The second-order valence-electron chi connectivity index (χ2n) is 5.99. The lowest BCUT2D eigenvalue weighted by molar-refractivity contribution is -0.0265. The lowest BCUT2D eigenvalue weighted by Crippen LogP contribution is -2.53. The maximum atomic E-state index is 12.6. The highest BCUT2D eigenvalue weighted by atomic mass is 16.6. The van der Waals surface area contributed by atoms with Gasteiger partial charge in [0.2, 0.25) is 0 Å². The van der Waals surface area contributed by atoms with Crippen molar-refractivity contribution in [3.05, 3.63) is 35.9 Å². The highest BCUT2D eigenvalue weighted by Crippen LogP contribution is 2.17. The molecule has 0 bridgehead atoms. The molecule has 0 spiro atoms. The molecule has 21 heavy (non-hydrogen) atoms. The number of hydrogen-bond donors (Lipinski definition) is 0. The predicted molar refractivity (Wildman–Crippen MR) is 78.3 cm³/mol. The van der Waals surface area contributed by atoms with Gasteiger partial charge in [0.1, 0.15) is 11.6 Å². The standard InChI is InChI=1S/C16H21NO4/c1-16(2,3)21-15(19)17-9-10-20-11-13(17)14(18)12-7-5-4-6-8-12/h4-8,13H,9-11H2,1-3H3. The first-order valence-corrected chi connectivity index (χ1v) is 7.05. The smallest absolute Gasteiger partial charge is 0.411 e. The summed E-state index contributed by atoms with van der Waals surface area (Å²) in [6.07, 6.45) is -0.472. The second-order valence-corrected chi connectivity index (χ2v) is 5.99. The summed E-state index contributed by atoms with van der Waals surface area (Å²) in [4.78, 5) is 26.3. The van der Waals surface area contributed by atoms with Gasteiger partial charge in [-0.2, -0.15) is 0 Å². The van der Waals surface area contributed by atoms with E-state index in [1.807, 2.05) is 6.07 Å². The summed E-state index contributed by atoms with van der Waals surface area (Å²) in [7, 11) is 0. The van der Waals surface area contributed by atoms with Crippen molar-refractivity contribution < 1.29 is 19.1 Å². The topological polar surface area (TPSA) is 55.8 Å². The molecule has 0 N–H and O–H groups in total. The zero-order chi connectivity index (χ0) is 15.5. The molecule has 1 aliphatic rings. The van der Waals surface area contributed by atoms with Crippen molar-refractivity contribution >= 4 is 11.9 Å². The molecule has 1 atom stereocenters. The van der Waals surface area contributed by atoms with Crippen LogP contribution < -0.4 is 0 Å². The lowest BCUT2D eigenvalue weighted by atomic mass is 10.0. The fraction of sp³-hybridized carbons (Fsp3) is 0.500. The number of Topliss-reactive ketones (excluding diaryl/α,β-unsaturated/α-hetero) is 1. The van der Waals surface area contributed by atoms with Gasteiger partial charge >= 0.3 is 6.09 Å². The molecular weight excluding hydrogens is 270 g/mol. The largest absolute Gasteiger partial charge is 0.444 e. The molecule has 1 aromatic rings. The van der Waals surface area contributed by atoms with Gasteiger partial charge in [0, 0.05) is 12.1 Å². The Bertz CT molecular complexity index is 507. The van der Waals surface area contributed by atoms with Crippen LogP contribution in [0.15, 0.2) is 30.3 Å². The summed E-state index contributed by atoms with van der Waals surface area (Å²) in [5.74, 6) is -0.124. The molecule has 0 aliphatic carbocycles. The first-order valence-electron chi connectivity index (χ1n) is 7.05. The number of amides is 1. The molecule has 0 radical (unpaired) electrons. The van der Waals surface area contributed by atoms with E-state index in [0.29, 0.717) is 18.7 Å². The van der Waals surface area contributed by atoms with Crippen LogP contribution in [0.4, 0.5) is 4.79 Å². The number of ketones is 1. The lowest BCUT2D eigenvalue weighted by Gasteiger charge is -2.35. The molecule has 1 heterocycles. The summed E-state index contributed by atoms with van der Waals surface area (Å²) in [5, 5.41) is 0. The van der Waals surface area contributed by atoms with E-state index in [-0.39, 0.29) is 12.4 Å². The Balaban J connectivity index is 2.16. The number of nitrogens with zero attached hydrogens (tertiary/aromatic N) is 1. The molecular formula is C16H21NO4. The van der Waals surface area contributed by atoms with E-state index in [2.05, 4.69) is 0 Å². The van der Waals surface area contributed by atoms with Gasteiger partial charge in [0.15, 0.2) is 5.78 Å². The van der Waals surface area contributed by atoms with Crippen molar-refractivity contribution in [1.82, 2.24) is 4.90 Å². The van der Waals surface area contributed by atoms with Gasteiger partial charge < -0.3 is 9.47 Å². The Morgan fingerprint density at radius 1 is 1.24 bits per heavy atom. The number of benzene rings is 1. The number of carbonyl (C=O) groups excluding carboxylic acids is 2. The number of rotatable bonds is 2. The molecule has 1 saturated heterocycles. The van der Waals surface area contributed by atoms with Gasteiger partial charge in [0.25, 0.3) is 0 Å². The normalized spacial score (nSPS) is 19.2. The fourth-order valence-electron chi connectivity index (χ4n) is 2.15. The third-order valence-electron chi connectivity index (χ3n) is 3.12. The monoisotopic (exact) mass is 291 g/mol. The van der Waals surface area contributed by atoms with Crippen LogP contribution in [0.5, 0.6) is 0 Å². The first-order chi connectivity index (χ1) is 9.88. The Morgan fingerprint density at radius 3 is 2.52 bits per heavy atom. The first kappa shape index (κ1) is 15.5. The highest BCUT2D eigenvalue weighted by Gasteiger charge is 2.35. The Hall–Kier alpha value is -1.88. The Morgan fingerprint density at radius 2 is 1.90 bits per heavy atom.